The summed E-state index contributed by atoms with van der Waals surface area (Å²) in [6.45, 7) is 0. The molecule has 1 aliphatic rings. The Morgan fingerprint density at radius 3 is 2.84 bits per heavy atom. The largest absolute Gasteiger partial charge is 0.677 e. The van der Waals surface area contributed by atoms with Gasteiger partial charge in [0.2, 0.25) is 0 Å². The highest BCUT2D eigenvalue weighted by molar-refractivity contribution is 6.41. The molecule has 2 aromatic rings. The molecule has 0 aromatic carbocycles. The number of hydrogen-bond donors (Lipinski definition) is 0. The molecule has 0 atom stereocenters. The van der Waals surface area contributed by atoms with Gasteiger partial charge in [0.05, 0.1) is 18.2 Å². The second-order valence-corrected chi connectivity index (χ2v) is 3.99. The lowest BCUT2D eigenvalue weighted by molar-refractivity contribution is 0.566. The first-order valence-corrected chi connectivity index (χ1v) is 5.70. The summed E-state index contributed by atoms with van der Waals surface area (Å²) in [5.41, 5.74) is 2.40. The van der Waals surface area contributed by atoms with Gasteiger partial charge in [-0.2, -0.15) is 0 Å². The van der Waals surface area contributed by atoms with Crippen LogP contribution in [-0.4, -0.2) is 18.1 Å². The van der Waals surface area contributed by atoms with Crippen molar-refractivity contribution < 1.29 is 13.0 Å². The van der Waals surface area contributed by atoms with E-state index in [1.165, 1.54) is 18.7 Å². The summed E-state index contributed by atoms with van der Waals surface area (Å²) in [7, 11) is -2.60. The molecule has 3 nitrogen and oxygen atoms in total. The highest BCUT2D eigenvalue weighted by atomic mass is 19.2. The van der Waals surface area contributed by atoms with Crippen LogP contribution in [0.3, 0.4) is 0 Å². The van der Waals surface area contributed by atoms with Crippen molar-refractivity contribution in [3.8, 4) is 0 Å². The van der Waals surface area contributed by atoms with E-state index in [0.29, 0.717) is 17.0 Å². The van der Waals surface area contributed by atoms with Crippen LogP contribution in [-0.2, 0) is 0 Å². The van der Waals surface area contributed by atoms with Crippen molar-refractivity contribution >= 4 is 19.2 Å². The molecule has 0 unspecified atom stereocenters. The van der Waals surface area contributed by atoms with Crippen molar-refractivity contribution in [3.63, 3.8) is 0 Å². The third kappa shape index (κ3) is 2.05. The summed E-state index contributed by atoms with van der Waals surface area (Å²) in [6, 6.07) is 4.96. The average molecular weight is 258 g/mol. The maximum atomic E-state index is 13.0. The molecule has 3 rings (SSSR count). The van der Waals surface area contributed by atoms with Gasteiger partial charge in [-0.1, -0.05) is 0 Å². The smallest absolute Gasteiger partial charge is 0.472 e. The second kappa shape index (κ2) is 4.72. The van der Waals surface area contributed by atoms with Gasteiger partial charge < -0.3 is 8.90 Å². The summed E-state index contributed by atoms with van der Waals surface area (Å²) in [5, 5.41) is 0. The molecule has 0 radical (unpaired) electrons. The summed E-state index contributed by atoms with van der Waals surface area (Å²) in [5.74, 6) is 0. The molecule has 0 saturated heterocycles. The first-order chi connectivity index (χ1) is 9.27. The molecule has 2 aromatic heterocycles. The van der Waals surface area contributed by atoms with Crippen LogP contribution in [0.2, 0.25) is 0 Å². The highest BCUT2D eigenvalue weighted by Crippen LogP contribution is 2.30. The van der Waals surface area contributed by atoms with E-state index in [1.54, 1.807) is 36.6 Å². The Labute approximate surface area is 108 Å². The minimum atomic E-state index is -2.60. The van der Waals surface area contributed by atoms with Crippen LogP contribution in [0.25, 0.3) is 5.57 Å². The highest BCUT2D eigenvalue weighted by Gasteiger charge is 2.23. The van der Waals surface area contributed by atoms with Crippen molar-refractivity contribution in [2.24, 2.45) is 4.99 Å². The molecule has 0 fully saturated rings. The molecule has 0 amide bonds. The van der Waals surface area contributed by atoms with Crippen LogP contribution >= 0.6 is 0 Å². The molecule has 0 bridgehead atoms. The Bertz CT molecular complexity index is 655. The lowest BCUT2D eigenvalue weighted by atomic mass is 10.0. The van der Waals surface area contributed by atoms with Crippen LogP contribution in [0.4, 0.5) is 8.63 Å². The van der Waals surface area contributed by atoms with E-state index >= 15 is 0 Å². The molecular weight excluding hydrogens is 249 g/mol. The van der Waals surface area contributed by atoms with Crippen LogP contribution < -0.4 is 0 Å². The number of halogens is 2. The standard InChI is InChI=1S/C13H9BF2N2O/c15-14(16)18-7-2-4-12(18)13(10-5-8-19-9-10)11-3-1-6-17-11/h1-9H/b13-11+. The van der Waals surface area contributed by atoms with E-state index in [9.17, 15) is 8.63 Å². The van der Waals surface area contributed by atoms with Gasteiger partial charge in [-0.25, -0.2) is 0 Å². The van der Waals surface area contributed by atoms with Gasteiger partial charge in [-0.3, -0.25) is 13.6 Å². The van der Waals surface area contributed by atoms with Gasteiger partial charge in [0.25, 0.3) is 0 Å². The Hall–Kier alpha value is -2.37. The van der Waals surface area contributed by atoms with E-state index in [2.05, 4.69) is 4.99 Å². The van der Waals surface area contributed by atoms with Gasteiger partial charge in [0.15, 0.2) is 0 Å². The number of allylic oxidation sites excluding steroid dienone is 2. The molecule has 1 aliphatic heterocycles. The van der Waals surface area contributed by atoms with Gasteiger partial charge in [-0.15, -0.1) is 0 Å². The zero-order valence-corrected chi connectivity index (χ0v) is 9.83. The topological polar surface area (TPSA) is 30.4 Å². The molecule has 6 heteroatoms. The van der Waals surface area contributed by atoms with Crippen LogP contribution in [0, 0.1) is 0 Å². The quantitative estimate of drug-likeness (QED) is 0.777. The minimum absolute atomic E-state index is 0.412. The molecule has 0 saturated carbocycles. The van der Waals surface area contributed by atoms with Crippen LogP contribution in [0.5, 0.6) is 0 Å². The Morgan fingerprint density at radius 1 is 1.32 bits per heavy atom. The van der Waals surface area contributed by atoms with E-state index in [0.717, 1.165) is 10.0 Å². The van der Waals surface area contributed by atoms with Crippen LogP contribution in [0.15, 0.2) is 64.2 Å². The molecule has 3 heterocycles. The number of rotatable bonds is 3. The predicted octanol–water partition coefficient (Wildman–Crippen LogP) is 3.25. The van der Waals surface area contributed by atoms with Gasteiger partial charge in [-0.05, 0) is 36.5 Å². The third-order valence-corrected chi connectivity index (χ3v) is 2.87. The zero-order valence-electron chi connectivity index (χ0n) is 9.83. The van der Waals surface area contributed by atoms with Gasteiger partial charge in [0, 0.05) is 23.0 Å². The molecule has 19 heavy (non-hydrogen) atoms. The Balaban J connectivity index is 2.21. The zero-order chi connectivity index (χ0) is 13.2. The third-order valence-electron chi connectivity index (χ3n) is 2.87. The molecule has 0 aliphatic carbocycles. The molecule has 0 N–H and O–H groups in total. The van der Waals surface area contributed by atoms with Crippen molar-refractivity contribution in [3.05, 3.63) is 66.0 Å². The summed E-state index contributed by atoms with van der Waals surface area (Å²) in [6.07, 6.45) is 9.56. The summed E-state index contributed by atoms with van der Waals surface area (Å²) in [4.78, 5) is 4.19. The van der Waals surface area contributed by atoms with Crippen molar-refractivity contribution in [2.45, 2.75) is 0 Å². The minimum Gasteiger partial charge on any atom is -0.472 e. The van der Waals surface area contributed by atoms with E-state index in [4.69, 9.17) is 4.42 Å². The Kier molecular flexibility index (Phi) is 2.91. The van der Waals surface area contributed by atoms with Crippen molar-refractivity contribution in [1.82, 2.24) is 4.48 Å². The lowest BCUT2D eigenvalue weighted by Gasteiger charge is -2.10. The summed E-state index contributed by atoms with van der Waals surface area (Å²) < 4.78 is 32.0. The first kappa shape index (κ1) is 11.7. The fourth-order valence-electron chi connectivity index (χ4n) is 2.06. The number of nitrogens with zero attached hydrogens (tertiary/aromatic N) is 2. The molecule has 0 spiro atoms. The first-order valence-electron chi connectivity index (χ1n) is 5.70. The van der Waals surface area contributed by atoms with Crippen molar-refractivity contribution in [1.29, 1.82) is 0 Å². The number of aromatic nitrogens is 1. The molecular formula is C13H9BF2N2O. The van der Waals surface area contributed by atoms with E-state index in [-0.39, 0.29) is 0 Å². The maximum Gasteiger partial charge on any atom is 0.677 e. The molecule has 94 valence electrons. The maximum absolute atomic E-state index is 13.0. The average Bonchev–Trinajstić information content (AvgIpc) is 3.12. The van der Waals surface area contributed by atoms with Crippen molar-refractivity contribution in [2.75, 3.05) is 0 Å². The monoisotopic (exact) mass is 258 g/mol. The Morgan fingerprint density at radius 2 is 2.21 bits per heavy atom. The second-order valence-electron chi connectivity index (χ2n) is 3.99. The number of furan rings is 1. The number of hydrogen-bond acceptors (Lipinski definition) is 2. The number of aliphatic imine (C=N–C) groups is 1. The van der Waals surface area contributed by atoms with Gasteiger partial charge >= 0.3 is 7.40 Å². The summed E-state index contributed by atoms with van der Waals surface area (Å²) >= 11 is 0. The fourth-order valence-corrected chi connectivity index (χ4v) is 2.06. The van der Waals surface area contributed by atoms with E-state index in [1.807, 2.05) is 0 Å². The normalized spacial score (nSPS) is 16.1. The fraction of sp³-hybridized carbons (Fsp3) is 0. The van der Waals surface area contributed by atoms with E-state index < -0.39 is 7.40 Å². The van der Waals surface area contributed by atoms with Crippen LogP contribution in [0.1, 0.15) is 11.3 Å². The predicted molar refractivity (Wildman–Crippen MR) is 70.2 cm³/mol. The van der Waals surface area contributed by atoms with Gasteiger partial charge in [0.1, 0.15) is 0 Å². The lowest BCUT2D eigenvalue weighted by Crippen LogP contribution is -2.15. The SMILES string of the molecule is FB(F)n1cccc1/C(=C1\C=CC=N1)c1ccoc1.